The Morgan fingerprint density at radius 1 is 1.26 bits per heavy atom. The zero-order valence-corrected chi connectivity index (χ0v) is 10.5. The van der Waals surface area contributed by atoms with Crippen molar-refractivity contribution in [2.24, 2.45) is 0 Å². The van der Waals surface area contributed by atoms with Gasteiger partial charge >= 0.3 is 0 Å². The van der Waals surface area contributed by atoms with Crippen LogP contribution in [0.3, 0.4) is 0 Å². The summed E-state index contributed by atoms with van der Waals surface area (Å²) in [6, 6.07) is 13.4. The Kier molecular flexibility index (Phi) is 3.67. The van der Waals surface area contributed by atoms with Crippen LogP contribution in [0.4, 0.5) is 15.8 Å². The SMILES string of the molecule is CC(Nc1cc(C#N)ccc1N)c1cccc(F)c1. The van der Waals surface area contributed by atoms with Crippen molar-refractivity contribution in [3.63, 3.8) is 0 Å². The molecule has 4 heteroatoms. The van der Waals surface area contributed by atoms with Crippen LogP contribution in [0.15, 0.2) is 42.5 Å². The third kappa shape index (κ3) is 3.02. The molecule has 0 bridgehead atoms. The van der Waals surface area contributed by atoms with Crippen molar-refractivity contribution in [1.29, 1.82) is 5.26 Å². The van der Waals surface area contributed by atoms with Crippen LogP contribution < -0.4 is 11.1 Å². The van der Waals surface area contributed by atoms with Crippen LogP contribution in [-0.4, -0.2) is 0 Å². The highest BCUT2D eigenvalue weighted by Gasteiger charge is 2.08. The van der Waals surface area contributed by atoms with Crippen molar-refractivity contribution in [3.8, 4) is 6.07 Å². The molecule has 0 amide bonds. The summed E-state index contributed by atoms with van der Waals surface area (Å²) >= 11 is 0. The minimum atomic E-state index is -0.273. The lowest BCUT2D eigenvalue weighted by Gasteiger charge is -2.17. The number of nitrogens with one attached hydrogen (secondary N) is 1. The lowest BCUT2D eigenvalue weighted by Crippen LogP contribution is -2.08. The van der Waals surface area contributed by atoms with Crippen LogP contribution in [0, 0.1) is 17.1 Å². The molecule has 2 aromatic rings. The van der Waals surface area contributed by atoms with E-state index in [-0.39, 0.29) is 11.9 Å². The van der Waals surface area contributed by atoms with E-state index in [1.54, 1.807) is 24.3 Å². The molecule has 0 aromatic heterocycles. The first kappa shape index (κ1) is 12.9. The first-order chi connectivity index (χ1) is 9.10. The molecule has 2 rings (SSSR count). The molecule has 1 atom stereocenters. The number of benzene rings is 2. The maximum absolute atomic E-state index is 13.2. The van der Waals surface area contributed by atoms with Gasteiger partial charge in [0, 0.05) is 6.04 Å². The average molecular weight is 255 g/mol. The van der Waals surface area contributed by atoms with E-state index >= 15 is 0 Å². The van der Waals surface area contributed by atoms with Gasteiger partial charge < -0.3 is 11.1 Å². The molecule has 3 N–H and O–H groups in total. The predicted molar refractivity (Wildman–Crippen MR) is 74.0 cm³/mol. The fraction of sp³-hybridized carbons (Fsp3) is 0.133. The fourth-order valence-electron chi connectivity index (χ4n) is 1.84. The Morgan fingerprint density at radius 2 is 2.05 bits per heavy atom. The van der Waals surface area contributed by atoms with Gasteiger partial charge in [-0.05, 0) is 42.8 Å². The average Bonchev–Trinajstić information content (AvgIpc) is 2.41. The van der Waals surface area contributed by atoms with E-state index in [9.17, 15) is 4.39 Å². The van der Waals surface area contributed by atoms with Gasteiger partial charge in [-0.2, -0.15) is 5.26 Å². The van der Waals surface area contributed by atoms with Crippen molar-refractivity contribution in [2.45, 2.75) is 13.0 Å². The van der Waals surface area contributed by atoms with E-state index in [4.69, 9.17) is 11.0 Å². The molecule has 19 heavy (non-hydrogen) atoms. The van der Waals surface area contributed by atoms with Gasteiger partial charge in [-0.3, -0.25) is 0 Å². The van der Waals surface area contributed by atoms with Crippen LogP contribution in [0.25, 0.3) is 0 Å². The van der Waals surface area contributed by atoms with Crippen molar-refractivity contribution in [3.05, 3.63) is 59.4 Å². The number of hydrogen-bond donors (Lipinski definition) is 2. The van der Waals surface area contributed by atoms with Gasteiger partial charge in [0.1, 0.15) is 5.82 Å². The van der Waals surface area contributed by atoms with Gasteiger partial charge in [0.15, 0.2) is 0 Å². The molecule has 0 saturated carbocycles. The molecule has 0 heterocycles. The van der Waals surface area contributed by atoms with E-state index in [1.807, 2.05) is 13.0 Å². The molecule has 0 saturated heterocycles. The van der Waals surface area contributed by atoms with Crippen LogP contribution in [-0.2, 0) is 0 Å². The topological polar surface area (TPSA) is 61.8 Å². The highest BCUT2D eigenvalue weighted by Crippen LogP contribution is 2.25. The second-order valence-electron chi connectivity index (χ2n) is 4.33. The lowest BCUT2D eigenvalue weighted by atomic mass is 10.1. The highest BCUT2D eigenvalue weighted by molar-refractivity contribution is 5.68. The molecule has 0 fully saturated rings. The number of hydrogen-bond acceptors (Lipinski definition) is 3. The van der Waals surface area contributed by atoms with Crippen molar-refractivity contribution in [2.75, 3.05) is 11.1 Å². The van der Waals surface area contributed by atoms with Gasteiger partial charge in [0.2, 0.25) is 0 Å². The van der Waals surface area contributed by atoms with Crippen molar-refractivity contribution < 1.29 is 4.39 Å². The molecule has 0 aliphatic rings. The van der Waals surface area contributed by atoms with Gasteiger partial charge in [0.05, 0.1) is 23.0 Å². The molecule has 0 spiro atoms. The Balaban J connectivity index is 2.24. The van der Waals surface area contributed by atoms with Crippen LogP contribution in [0.2, 0.25) is 0 Å². The molecular formula is C15H14FN3. The van der Waals surface area contributed by atoms with Gasteiger partial charge in [0.25, 0.3) is 0 Å². The number of anilines is 2. The minimum absolute atomic E-state index is 0.105. The Hall–Kier alpha value is -2.54. The monoisotopic (exact) mass is 255 g/mol. The molecule has 0 radical (unpaired) electrons. The summed E-state index contributed by atoms with van der Waals surface area (Å²) in [5.74, 6) is -0.273. The summed E-state index contributed by atoms with van der Waals surface area (Å²) < 4.78 is 13.2. The summed E-state index contributed by atoms with van der Waals surface area (Å²) in [5.41, 5.74) is 8.44. The number of nitriles is 1. The summed E-state index contributed by atoms with van der Waals surface area (Å²) in [4.78, 5) is 0. The van der Waals surface area contributed by atoms with Gasteiger partial charge in [-0.25, -0.2) is 4.39 Å². The normalized spacial score (nSPS) is 11.6. The Bertz CT molecular complexity index is 632. The Labute approximate surface area is 111 Å². The van der Waals surface area contributed by atoms with E-state index < -0.39 is 0 Å². The van der Waals surface area contributed by atoms with Crippen LogP contribution >= 0.6 is 0 Å². The van der Waals surface area contributed by atoms with Gasteiger partial charge in [-0.15, -0.1) is 0 Å². The lowest BCUT2D eigenvalue weighted by molar-refractivity contribution is 0.623. The predicted octanol–water partition coefficient (Wildman–Crippen LogP) is 3.45. The number of halogens is 1. The second kappa shape index (κ2) is 5.40. The minimum Gasteiger partial charge on any atom is -0.397 e. The number of nitrogen functional groups attached to an aromatic ring is 1. The largest absolute Gasteiger partial charge is 0.397 e. The fourth-order valence-corrected chi connectivity index (χ4v) is 1.84. The van der Waals surface area contributed by atoms with Crippen molar-refractivity contribution >= 4 is 11.4 Å². The molecule has 3 nitrogen and oxygen atoms in total. The zero-order chi connectivity index (χ0) is 13.8. The van der Waals surface area contributed by atoms with Crippen LogP contribution in [0.1, 0.15) is 24.1 Å². The summed E-state index contributed by atoms with van der Waals surface area (Å²) in [5, 5.41) is 12.1. The maximum Gasteiger partial charge on any atom is 0.123 e. The quantitative estimate of drug-likeness (QED) is 0.826. The summed E-state index contributed by atoms with van der Waals surface area (Å²) in [6.45, 7) is 1.91. The number of rotatable bonds is 3. The van der Waals surface area contributed by atoms with Crippen LogP contribution in [0.5, 0.6) is 0 Å². The molecular weight excluding hydrogens is 241 g/mol. The molecule has 1 unspecified atom stereocenters. The van der Waals surface area contributed by atoms with Crippen molar-refractivity contribution in [1.82, 2.24) is 0 Å². The highest BCUT2D eigenvalue weighted by atomic mass is 19.1. The smallest absolute Gasteiger partial charge is 0.123 e. The molecule has 2 aromatic carbocycles. The molecule has 0 aliphatic heterocycles. The third-order valence-electron chi connectivity index (χ3n) is 2.90. The zero-order valence-electron chi connectivity index (χ0n) is 10.5. The first-order valence-corrected chi connectivity index (χ1v) is 5.92. The molecule has 0 aliphatic carbocycles. The first-order valence-electron chi connectivity index (χ1n) is 5.92. The van der Waals surface area contributed by atoms with E-state index in [0.717, 1.165) is 5.56 Å². The van der Waals surface area contributed by atoms with Gasteiger partial charge in [-0.1, -0.05) is 12.1 Å². The van der Waals surface area contributed by atoms with E-state index in [0.29, 0.717) is 16.9 Å². The van der Waals surface area contributed by atoms with E-state index in [1.165, 1.54) is 12.1 Å². The van der Waals surface area contributed by atoms with E-state index in [2.05, 4.69) is 11.4 Å². The second-order valence-corrected chi connectivity index (χ2v) is 4.33. The standard InChI is InChI=1S/C15H14FN3/c1-10(12-3-2-4-13(16)8-12)19-15-7-11(9-17)5-6-14(15)18/h2-8,10,19H,18H2,1H3. The molecule has 96 valence electrons. The number of nitrogens with two attached hydrogens (primary N) is 1. The maximum atomic E-state index is 13.2. The summed E-state index contributed by atoms with van der Waals surface area (Å²) in [6.07, 6.45) is 0. The number of nitrogens with zero attached hydrogens (tertiary/aromatic N) is 1. The summed E-state index contributed by atoms with van der Waals surface area (Å²) in [7, 11) is 0. The third-order valence-corrected chi connectivity index (χ3v) is 2.90. The Morgan fingerprint density at radius 3 is 2.74 bits per heavy atom.